The largest absolute Gasteiger partial charge is 0.487 e. The van der Waals surface area contributed by atoms with Crippen molar-refractivity contribution in [3.8, 4) is 0 Å². The second-order valence-electron chi connectivity index (χ2n) is 2.65. The van der Waals surface area contributed by atoms with Crippen molar-refractivity contribution in [1.29, 1.82) is 0 Å². The van der Waals surface area contributed by atoms with Gasteiger partial charge in [0.05, 0.1) is 0 Å². The molecule has 0 heterocycles. The molecule has 1 aromatic rings. The third-order valence-electron chi connectivity index (χ3n) is 1.55. The van der Waals surface area contributed by atoms with Crippen LogP contribution in [0.5, 0.6) is 0 Å². The first-order valence-corrected chi connectivity index (χ1v) is 4.01. The van der Waals surface area contributed by atoms with Crippen molar-refractivity contribution in [2.45, 2.75) is 0 Å². The third kappa shape index (κ3) is 3.84. The lowest BCUT2D eigenvalue weighted by Gasteiger charge is -2.00. The van der Waals surface area contributed by atoms with E-state index < -0.39 is 24.3 Å². The summed E-state index contributed by atoms with van der Waals surface area (Å²) in [4.78, 5) is 11.2. The number of rotatable bonds is 4. The Hall–Kier alpha value is -1.78. The van der Waals surface area contributed by atoms with Crippen LogP contribution >= 0.6 is 0 Å². The predicted molar refractivity (Wildman–Crippen MR) is 47.0 cm³/mol. The first-order chi connectivity index (χ1) is 7.09. The Bertz CT molecular complexity index is 367. The van der Waals surface area contributed by atoms with Crippen LogP contribution in [0, 0.1) is 5.82 Å². The highest BCUT2D eigenvalue weighted by atomic mass is 19.3. The van der Waals surface area contributed by atoms with Gasteiger partial charge in [-0.3, -0.25) is 4.79 Å². The van der Waals surface area contributed by atoms with Crippen LogP contribution in [0.15, 0.2) is 36.6 Å². The standard InChI is InChI=1S/C10H7F3O2/c11-8-3-1-7(2-4-8)9(14)5-15-6-10(12)13/h1-4,6H,5H2. The van der Waals surface area contributed by atoms with Gasteiger partial charge in [0.2, 0.25) is 0 Å². The monoisotopic (exact) mass is 216 g/mol. The molecule has 0 aliphatic rings. The van der Waals surface area contributed by atoms with E-state index in [4.69, 9.17) is 0 Å². The van der Waals surface area contributed by atoms with Gasteiger partial charge >= 0.3 is 6.08 Å². The van der Waals surface area contributed by atoms with Gasteiger partial charge in [0.1, 0.15) is 12.1 Å². The highest BCUT2D eigenvalue weighted by Crippen LogP contribution is 2.04. The molecule has 15 heavy (non-hydrogen) atoms. The number of halogens is 3. The van der Waals surface area contributed by atoms with Crippen molar-refractivity contribution < 1.29 is 22.7 Å². The molecule has 0 aliphatic heterocycles. The van der Waals surface area contributed by atoms with Crippen LogP contribution in [-0.4, -0.2) is 12.4 Å². The molecule has 2 nitrogen and oxygen atoms in total. The minimum atomic E-state index is -2.01. The fourth-order valence-corrected chi connectivity index (χ4v) is 0.899. The number of hydrogen-bond donors (Lipinski definition) is 0. The van der Waals surface area contributed by atoms with Crippen LogP contribution in [0.1, 0.15) is 10.4 Å². The van der Waals surface area contributed by atoms with E-state index in [9.17, 15) is 18.0 Å². The summed E-state index contributed by atoms with van der Waals surface area (Å²) in [5.74, 6) is -0.963. The Morgan fingerprint density at radius 1 is 1.27 bits per heavy atom. The molecule has 1 rings (SSSR count). The molecule has 5 heteroatoms. The van der Waals surface area contributed by atoms with E-state index >= 15 is 0 Å². The lowest BCUT2D eigenvalue weighted by molar-refractivity contribution is 0.0879. The Balaban J connectivity index is 2.54. The summed E-state index contributed by atoms with van der Waals surface area (Å²) in [7, 11) is 0. The van der Waals surface area contributed by atoms with E-state index in [1.165, 1.54) is 12.1 Å². The Morgan fingerprint density at radius 2 is 1.87 bits per heavy atom. The molecule has 0 aliphatic carbocycles. The number of Topliss-reactive ketones (excluding diaryl/α,β-unsaturated/α-hetero) is 1. The Morgan fingerprint density at radius 3 is 2.40 bits per heavy atom. The second kappa shape index (κ2) is 5.19. The molecule has 0 atom stereocenters. The van der Waals surface area contributed by atoms with Crippen molar-refractivity contribution in [3.05, 3.63) is 48.0 Å². The molecule has 0 saturated carbocycles. The van der Waals surface area contributed by atoms with Gasteiger partial charge in [-0.15, -0.1) is 0 Å². The van der Waals surface area contributed by atoms with E-state index in [1.807, 2.05) is 0 Å². The number of ether oxygens (including phenoxy) is 1. The number of carbonyl (C=O) groups is 1. The maximum atomic E-state index is 12.5. The quantitative estimate of drug-likeness (QED) is 0.571. The molecule has 0 saturated heterocycles. The van der Waals surface area contributed by atoms with Crippen LogP contribution in [0.25, 0.3) is 0 Å². The summed E-state index contributed by atoms with van der Waals surface area (Å²) in [6.45, 7) is -0.497. The fourth-order valence-electron chi connectivity index (χ4n) is 0.899. The average molecular weight is 216 g/mol. The van der Waals surface area contributed by atoms with Crippen LogP contribution in [-0.2, 0) is 4.74 Å². The maximum absolute atomic E-state index is 12.5. The predicted octanol–water partition coefficient (Wildman–Crippen LogP) is 2.76. The van der Waals surface area contributed by atoms with Crippen LogP contribution < -0.4 is 0 Å². The molecule has 0 N–H and O–H groups in total. The summed E-state index contributed by atoms with van der Waals surface area (Å²) in [5.41, 5.74) is 0.212. The van der Waals surface area contributed by atoms with Crippen molar-refractivity contribution in [2.24, 2.45) is 0 Å². The van der Waals surface area contributed by atoms with E-state index in [1.54, 1.807) is 0 Å². The fraction of sp³-hybridized carbons (Fsp3) is 0.100. The zero-order valence-electron chi connectivity index (χ0n) is 7.54. The smallest absolute Gasteiger partial charge is 0.304 e. The summed E-state index contributed by atoms with van der Waals surface area (Å²) in [6, 6.07) is 4.74. The third-order valence-corrected chi connectivity index (χ3v) is 1.55. The SMILES string of the molecule is O=C(COC=C(F)F)c1ccc(F)cc1. The number of benzene rings is 1. The summed E-state index contributed by atoms with van der Waals surface area (Å²) in [6.07, 6.45) is -1.82. The Labute approximate surface area is 84.0 Å². The molecule has 0 bridgehead atoms. The Kier molecular flexibility index (Phi) is 3.91. The average Bonchev–Trinajstić information content (AvgIpc) is 2.18. The van der Waals surface area contributed by atoms with Crippen molar-refractivity contribution >= 4 is 5.78 Å². The number of ketones is 1. The van der Waals surface area contributed by atoms with Gasteiger partial charge in [-0.25, -0.2) is 4.39 Å². The summed E-state index contributed by atoms with van der Waals surface area (Å²) < 4.78 is 39.8. The molecule has 80 valence electrons. The van der Waals surface area contributed by atoms with E-state index in [2.05, 4.69) is 4.74 Å². The van der Waals surface area contributed by atoms with Crippen molar-refractivity contribution in [1.82, 2.24) is 0 Å². The minimum Gasteiger partial charge on any atom is -0.487 e. The molecule has 0 spiro atoms. The molecule has 0 aromatic heterocycles. The first-order valence-electron chi connectivity index (χ1n) is 4.01. The van der Waals surface area contributed by atoms with Gasteiger partial charge in [-0.1, -0.05) is 0 Å². The van der Waals surface area contributed by atoms with Crippen molar-refractivity contribution in [3.63, 3.8) is 0 Å². The van der Waals surface area contributed by atoms with Crippen LogP contribution in [0.2, 0.25) is 0 Å². The minimum absolute atomic E-state index is 0.196. The lowest BCUT2D eigenvalue weighted by atomic mass is 10.1. The normalized spacial score (nSPS) is 9.53. The molecule has 1 aromatic carbocycles. The summed E-state index contributed by atoms with van der Waals surface area (Å²) >= 11 is 0. The number of hydrogen-bond acceptors (Lipinski definition) is 2. The zero-order valence-corrected chi connectivity index (χ0v) is 7.54. The topological polar surface area (TPSA) is 26.3 Å². The first kappa shape index (κ1) is 11.3. The number of carbonyl (C=O) groups excluding carboxylic acids is 1. The van der Waals surface area contributed by atoms with Gasteiger partial charge in [0.25, 0.3) is 0 Å². The van der Waals surface area contributed by atoms with Crippen LogP contribution in [0.4, 0.5) is 13.2 Å². The maximum Gasteiger partial charge on any atom is 0.304 e. The van der Waals surface area contributed by atoms with Gasteiger partial charge in [0.15, 0.2) is 12.4 Å². The highest BCUT2D eigenvalue weighted by molar-refractivity contribution is 5.97. The molecule has 0 amide bonds. The summed E-state index contributed by atoms with van der Waals surface area (Å²) in [5, 5.41) is 0. The molecular weight excluding hydrogens is 209 g/mol. The highest BCUT2D eigenvalue weighted by Gasteiger charge is 2.05. The molecule has 0 radical (unpaired) electrons. The van der Waals surface area contributed by atoms with Crippen LogP contribution in [0.3, 0.4) is 0 Å². The van der Waals surface area contributed by atoms with Gasteiger partial charge in [-0.2, -0.15) is 8.78 Å². The second-order valence-corrected chi connectivity index (χ2v) is 2.65. The van der Waals surface area contributed by atoms with E-state index in [0.29, 0.717) is 0 Å². The van der Waals surface area contributed by atoms with Gasteiger partial charge in [-0.05, 0) is 24.3 Å². The van der Waals surface area contributed by atoms with E-state index in [0.717, 1.165) is 12.1 Å². The van der Waals surface area contributed by atoms with Crippen molar-refractivity contribution in [2.75, 3.05) is 6.61 Å². The molecule has 0 fully saturated rings. The lowest BCUT2D eigenvalue weighted by Crippen LogP contribution is -2.06. The molecular formula is C10H7F3O2. The zero-order chi connectivity index (χ0) is 11.3. The van der Waals surface area contributed by atoms with Gasteiger partial charge in [0, 0.05) is 5.56 Å². The van der Waals surface area contributed by atoms with E-state index in [-0.39, 0.29) is 11.8 Å². The van der Waals surface area contributed by atoms with Gasteiger partial charge < -0.3 is 4.74 Å². The molecule has 0 unspecified atom stereocenters.